The van der Waals surface area contributed by atoms with Crippen molar-refractivity contribution in [2.45, 2.75) is 38.5 Å². The quantitative estimate of drug-likeness (QED) is 0.0245. The van der Waals surface area contributed by atoms with Crippen molar-refractivity contribution >= 4 is 69.9 Å². The van der Waals surface area contributed by atoms with E-state index in [2.05, 4.69) is 31.9 Å². The van der Waals surface area contributed by atoms with Crippen molar-refractivity contribution in [1.29, 1.82) is 0 Å². The first kappa shape index (κ1) is 47.6. The molecule has 4 rings (SSSR count). The van der Waals surface area contributed by atoms with Gasteiger partial charge in [-0.25, -0.2) is 0 Å². The van der Waals surface area contributed by atoms with Gasteiger partial charge in [-0.1, -0.05) is 0 Å². The smallest absolute Gasteiger partial charge is 0.272 e. The van der Waals surface area contributed by atoms with Crippen LogP contribution in [0.5, 0.6) is 0 Å². The number of hydrogen-bond donors (Lipinski definition) is 10. The molecule has 0 radical (unpaired) electrons. The molecule has 0 atom stereocenters. The van der Waals surface area contributed by atoms with Gasteiger partial charge >= 0.3 is 0 Å². The van der Waals surface area contributed by atoms with E-state index in [1.165, 1.54) is 12.1 Å². The van der Waals surface area contributed by atoms with Crippen LogP contribution in [0.4, 0.5) is 22.7 Å². The Morgan fingerprint density at radius 2 is 0.759 bits per heavy atom. The van der Waals surface area contributed by atoms with Gasteiger partial charge < -0.3 is 75.0 Å². The standard InChI is InChI=1S/C36H48N14O6.2ClH/c1-47-19-23(15-25(47)33(53)41-11-9-29(37)38)45-35(55)27-13-21(17-49(27)3)43-31(51)7-5-6-8-32(52)44-22-14-28(50(4)18-22)36(56)46-24-16-26(48(2)20-24)34(54)42-12-10-30(39)40;;/h13-20H,5-12H2,1-4H3,(H3,37,38)(H3,39,40)(H,41,53)(H,42,54)(H,43,51)(H,44,52)(H,45,55)(H,46,56);2*1H. The van der Waals surface area contributed by atoms with Crippen molar-refractivity contribution in [1.82, 2.24) is 28.9 Å². The molecule has 6 amide bonds. The SMILES string of the molecule is Cn1cc(NC(=O)c2cc(NC(=O)CCCCC(=O)Nc3cc(C(=O)Nc4cc(C(=O)NCCC(N)=[NH2+])n(C)c4)n(C)c3)cn2C)cc1C(=O)NCCC(N)=[NH2+].[Cl-].[Cl-]. The lowest BCUT2D eigenvalue weighted by molar-refractivity contribution is -0.118. The predicted molar refractivity (Wildman–Crippen MR) is 209 cm³/mol. The van der Waals surface area contributed by atoms with Gasteiger partial charge in [-0.2, -0.15) is 0 Å². The molecule has 0 aliphatic carbocycles. The molecule has 4 aromatic heterocycles. The first-order valence-electron chi connectivity index (χ1n) is 17.7. The Morgan fingerprint density at radius 1 is 0.483 bits per heavy atom. The molecule has 22 heteroatoms. The Morgan fingerprint density at radius 3 is 1.05 bits per heavy atom. The molecule has 20 nitrogen and oxygen atoms in total. The predicted octanol–water partition coefficient (Wildman–Crippen LogP) is -7.84. The zero-order chi connectivity index (χ0) is 41.1. The minimum absolute atomic E-state index is 0. The van der Waals surface area contributed by atoms with E-state index in [-0.39, 0.29) is 97.4 Å². The summed E-state index contributed by atoms with van der Waals surface area (Å²) in [5.41, 5.74) is 13.8. The number of hydrogen-bond acceptors (Lipinski definition) is 6. The molecular formula is C36H50Cl2N14O6. The Labute approximate surface area is 346 Å². The van der Waals surface area contributed by atoms with E-state index >= 15 is 0 Å². The molecule has 0 saturated heterocycles. The number of rotatable bonds is 19. The fraction of sp³-hybridized carbons (Fsp3) is 0.333. The van der Waals surface area contributed by atoms with Crippen molar-refractivity contribution in [3.05, 3.63) is 71.8 Å². The Balaban J connectivity index is 0.00000580. The lowest BCUT2D eigenvalue weighted by Gasteiger charge is -2.04. The summed E-state index contributed by atoms with van der Waals surface area (Å²) in [5.74, 6) is -1.71. The van der Waals surface area contributed by atoms with Gasteiger partial charge in [0, 0.05) is 78.9 Å². The highest BCUT2D eigenvalue weighted by atomic mass is 35.5. The molecule has 0 unspecified atom stereocenters. The third kappa shape index (κ3) is 13.6. The normalized spacial score (nSPS) is 10.3. The lowest BCUT2D eigenvalue weighted by atomic mass is 10.1. The van der Waals surface area contributed by atoms with E-state index in [4.69, 9.17) is 22.3 Å². The van der Waals surface area contributed by atoms with Crippen molar-refractivity contribution in [3.8, 4) is 0 Å². The number of halogens is 2. The Bertz CT molecular complexity index is 2010. The molecule has 4 heterocycles. The van der Waals surface area contributed by atoms with E-state index in [1.807, 2.05) is 0 Å². The molecule has 0 spiro atoms. The van der Waals surface area contributed by atoms with Gasteiger partial charge in [-0.05, 0) is 37.1 Å². The van der Waals surface area contributed by atoms with Gasteiger partial charge in [0.25, 0.3) is 23.6 Å². The third-order valence-electron chi connectivity index (χ3n) is 8.49. The average molecular weight is 846 g/mol. The summed E-state index contributed by atoms with van der Waals surface area (Å²) < 4.78 is 6.30. The lowest BCUT2D eigenvalue weighted by Crippen LogP contribution is -3.00. The Hall–Kier alpha value is -6.54. The molecule has 0 fully saturated rings. The number of aromatic nitrogens is 4. The fourth-order valence-electron chi connectivity index (χ4n) is 5.66. The zero-order valence-electron chi connectivity index (χ0n) is 32.6. The van der Waals surface area contributed by atoms with Crippen molar-refractivity contribution in [2.24, 2.45) is 39.7 Å². The second-order valence-electron chi connectivity index (χ2n) is 13.3. The molecule has 4 aromatic rings. The number of nitrogens with two attached hydrogens (primary N) is 4. The largest absolute Gasteiger partial charge is 1.00 e. The van der Waals surface area contributed by atoms with Crippen LogP contribution in [-0.2, 0) is 37.8 Å². The van der Waals surface area contributed by atoms with Crippen molar-refractivity contribution in [2.75, 3.05) is 34.4 Å². The van der Waals surface area contributed by atoms with E-state index in [1.54, 1.807) is 83.4 Å². The van der Waals surface area contributed by atoms with Gasteiger partial charge in [0.2, 0.25) is 23.5 Å². The van der Waals surface area contributed by atoms with Crippen LogP contribution < -0.4 is 79.0 Å². The summed E-state index contributed by atoms with van der Waals surface area (Å²) in [6.07, 6.45) is 8.25. The van der Waals surface area contributed by atoms with Crippen LogP contribution in [0.2, 0.25) is 0 Å². The van der Waals surface area contributed by atoms with Crippen LogP contribution in [0.25, 0.3) is 0 Å². The minimum atomic E-state index is -0.440. The maximum atomic E-state index is 13.0. The van der Waals surface area contributed by atoms with E-state index < -0.39 is 11.8 Å². The summed E-state index contributed by atoms with van der Waals surface area (Å²) in [4.78, 5) is 76.3. The van der Waals surface area contributed by atoms with E-state index in [0.717, 1.165) is 0 Å². The van der Waals surface area contributed by atoms with Crippen molar-refractivity contribution < 1.29 is 64.4 Å². The molecule has 0 aliphatic heterocycles. The fourth-order valence-corrected chi connectivity index (χ4v) is 5.66. The van der Waals surface area contributed by atoms with Crippen LogP contribution >= 0.6 is 0 Å². The van der Waals surface area contributed by atoms with Crippen LogP contribution in [0.1, 0.15) is 80.5 Å². The maximum Gasteiger partial charge on any atom is 0.272 e. The third-order valence-corrected chi connectivity index (χ3v) is 8.49. The molecule has 0 aromatic carbocycles. The highest BCUT2D eigenvalue weighted by molar-refractivity contribution is 6.06. The molecule has 314 valence electrons. The molecule has 14 N–H and O–H groups in total. The summed E-state index contributed by atoms with van der Waals surface area (Å²) >= 11 is 0. The molecule has 0 bridgehead atoms. The van der Waals surface area contributed by atoms with Gasteiger partial charge in [-0.15, -0.1) is 0 Å². The van der Waals surface area contributed by atoms with Crippen LogP contribution in [0.3, 0.4) is 0 Å². The number of amides is 6. The summed E-state index contributed by atoms with van der Waals surface area (Å²) in [6, 6.07) is 6.16. The zero-order valence-corrected chi connectivity index (χ0v) is 34.1. The van der Waals surface area contributed by atoms with E-state index in [9.17, 15) is 28.8 Å². The van der Waals surface area contributed by atoms with Gasteiger partial charge in [0.1, 0.15) is 22.8 Å². The van der Waals surface area contributed by atoms with Gasteiger partial charge in [0.05, 0.1) is 35.6 Å². The minimum Gasteiger partial charge on any atom is -1.00 e. The summed E-state index contributed by atoms with van der Waals surface area (Å²) in [5, 5.41) is 27.4. The maximum absolute atomic E-state index is 13.0. The highest BCUT2D eigenvalue weighted by Gasteiger charge is 2.19. The molecule has 0 saturated carbocycles. The summed E-state index contributed by atoms with van der Waals surface area (Å²) in [6.45, 7) is 0.548. The number of anilines is 4. The van der Waals surface area contributed by atoms with Gasteiger partial charge in [-0.3, -0.25) is 51.1 Å². The number of nitrogens with one attached hydrogen (secondary N) is 6. The van der Waals surface area contributed by atoms with Crippen LogP contribution in [-0.4, -0.2) is 78.5 Å². The summed E-state index contributed by atoms with van der Waals surface area (Å²) in [7, 11) is 6.68. The van der Waals surface area contributed by atoms with Crippen LogP contribution in [0, 0.1) is 0 Å². The number of aryl methyl sites for hydroxylation is 4. The van der Waals surface area contributed by atoms with Crippen molar-refractivity contribution in [3.63, 3.8) is 0 Å². The number of unbranched alkanes of at least 4 members (excludes halogenated alkanes) is 1. The first-order valence-corrected chi connectivity index (χ1v) is 17.7. The number of carbonyl (C=O) groups is 6. The van der Waals surface area contributed by atoms with Gasteiger partial charge in [0.15, 0.2) is 0 Å². The Kier molecular flexibility index (Phi) is 17.8. The molecular weight excluding hydrogens is 795 g/mol. The monoisotopic (exact) mass is 844 g/mol. The second kappa shape index (κ2) is 21.7. The second-order valence-corrected chi connectivity index (χ2v) is 13.3. The average Bonchev–Trinajstić information content (AvgIpc) is 3.87. The number of nitrogens with zero attached hydrogens (tertiary/aromatic N) is 4. The first-order chi connectivity index (χ1) is 26.5. The number of amidine groups is 2. The van der Waals surface area contributed by atoms with Crippen LogP contribution in [0.15, 0.2) is 49.1 Å². The number of carbonyl (C=O) groups excluding carboxylic acids is 6. The molecule has 0 aliphatic rings. The molecule has 58 heavy (non-hydrogen) atoms. The highest BCUT2D eigenvalue weighted by Crippen LogP contribution is 2.20. The van der Waals surface area contributed by atoms with E-state index in [0.29, 0.717) is 59.8 Å². The topological polar surface area (TPSA) is 298 Å².